The Labute approximate surface area is 105 Å². The molecule has 0 atom stereocenters. The van der Waals surface area contributed by atoms with Crippen LogP contribution in [0.25, 0.3) is 0 Å². The summed E-state index contributed by atoms with van der Waals surface area (Å²) in [5, 5.41) is 0. The standard InChI is InChI=1S/C11H14N2O4S/c1-3-11(15)12-13-18(16,17)10-6-4-5-9(7-10)8(2)14/h4-7,13H,3H2,1-2H3,(H,12,15). The minimum Gasteiger partial charge on any atom is -0.295 e. The van der Waals surface area contributed by atoms with Gasteiger partial charge in [0.1, 0.15) is 0 Å². The van der Waals surface area contributed by atoms with Crippen LogP contribution in [0.2, 0.25) is 0 Å². The van der Waals surface area contributed by atoms with Gasteiger partial charge in [0.25, 0.3) is 10.0 Å². The Bertz CT molecular complexity index is 566. The summed E-state index contributed by atoms with van der Waals surface area (Å²) in [4.78, 5) is 24.0. The van der Waals surface area contributed by atoms with Gasteiger partial charge in [-0.25, -0.2) is 8.42 Å². The SMILES string of the molecule is CCC(=O)NNS(=O)(=O)c1cccc(C(C)=O)c1. The molecule has 1 rings (SSSR count). The molecule has 0 unspecified atom stereocenters. The van der Waals surface area contributed by atoms with E-state index in [0.717, 1.165) is 0 Å². The lowest BCUT2D eigenvalue weighted by atomic mass is 10.2. The number of Topliss-reactive ketones (excluding diaryl/α,β-unsaturated/α-hetero) is 1. The second-order valence-electron chi connectivity index (χ2n) is 3.59. The van der Waals surface area contributed by atoms with E-state index < -0.39 is 15.9 Å². The number of hydrazine groups is 1. The number of sulfonamides is 1. The highest BCUT2D eigenvalue weighted by Crippen LogP contribution is 2.11. The van der Waals surface area contributed by atoms with Gasteiger partial charge in [0.2, 0.25) is 5.91 Å². The molecule has 0 fully saturated rings. The number of rotatable bonds is 5. The highest BCUT2D eigenvalue weighted by atomic mass is 32.2. The van der Waals surface area contributed by atoms with E-state index in [9.17, 15) is 18.0 Å². The molecule has 7 heteroatoms. The first-order valence-corrected chi connectivity index (χ1v) is 6.77. The fraction of sp³-hybridized carbons (Fsp3) is 0.273. The van der Waals surface area contributed by atoms with Crippen LogP contribution in [0.3, 0.4) is 0 Å². The van der Waals surface area contributed by atoms with Gasteiger partial charge in [0.05, 0.1) is 4.90 Å². The molecule has 1 aromatic rings. The van der Waals surface area contributed by atoms with Crippen molar-refractivity contribution in [3.8, 4) is 0 Å². The molecule has 0 radical (unpaired) electrons. The topological polar surface area (TPSA) is 92.3 Å². The van der Waals surface area contributed by atoms with Crippen LogP contribution in [0, 0.1) is 0 Å². The quantitative estimate of drug-likeness (QED) is 0.605. The number of hydrogen-bond donors (Lipinski definition) is 2. The lowest BCUT2D eigenvalue weighted by Gasteiger charge is -2.08. The first-order chi connectivity index (χ1) is 8.36. The summed E-state index contributed by atoms with van der Waals surface area (Å²) >= 11 is 0. The van der Waals surface area contributed by atoms with Crippen molar-refractivity contribution >= 4 is 21.7 Å². The van der Waals surface area contributed by atoms with Crippen LogP contribution in [0.4, 0.5) is 0 Å². The van der Waals surface area contributed by atoms with Crippen molar-refractivity contribution in [3.63, 3.8) is 0 Å². The summed E-state index contributed by atoms with van der Waals surface area (Å²) in [7, 11) is -3.86. The first-order valence-electron chi connectivity index (χ1n) is 5.28. The van der Waals surface area contributed by atoms with Gasteiger partial charge < -0.3 is 0 Å². The average molecular weight is 270 g/mol. The minimum absolute atomic E-state index is 0.0772. The van der Waals surface area contributed by atoms with Gasteiger partial charge in [-0.05, 0) is 19.1 Å². The summed E-state index contributed by atoms with van der Waals surface area (Å²) in [5.41, 5.74) is 2.35. The Morgan fingerprint density at radius 2 is 1.94 bits per heavy atom. The number of carbonyl (C=O) groups is 2. The normalized spacial score (nSPS) is 11.0. The van der Waals surface area contributed by atoms with Crippen molar-refractivity contribution in [3.05, 3.63) is 29.8 Å². The van der Waals surface area contributed by atoms with Crippen molar-refractivity contribution in [1.82, 2.24) is 10.3 Å². The predicted molar refractivity (Wildman–Crippen MR) is 65.2 cm³/mol. The van der Waals surface area contributed by atoms with Gasteiger partial charge in [-0.3, -0.25) is 15.0 Å². The van der Waals surface area contributed by atoms with Gasteiger partial charge in [0.15, 0.2) is 5.78 Å². The van der Waals surface area contributed by atoms with Crippen LogP contribution >= 0.6 is 0 Å². The fourth-order valence-electron chi connectivity index (χ4n) is 1.15. The van der Waals surface area contributed by atoms with E-state index in [4.69, 9.17) is 0 Å². The molecule has 0 bridgehead atoms. The van der Waals surface area contributed by atoms with E-state index in [0.29, 0.717) is 5.56 Å². The van der Waals surface area contributed by atoms with Crippen LogP contribution in [-0.2, 0) is 14.8 Å². The molecule has 0 aliphatic rings. The number of ketones is 1. The summed E-state index contributed by atoms with van der Waals surface area (Å²) in [6.07, 6.45) is 0.163. The molecular formula is C11H14N2O4S. The summed E-state index contributed by atoms with van der Waals surface area (Å²) < 4.78 is 23.6. The van der Waals surface area contributed by atoms with Gasteiger partial charge in [-0.15, -0.1) is 4.83 Å². The molecule has 6 nitrogen and oxygen atoms in total. The molecule has 0 aliphatic heterocycles. The summed E-state index contributed by atoms with van der Waals surface area (Å²) in [5.74, 6) is -0.675. The third-order valence-electron chi connectivity index (χ3n) is 2.20. The molecule has 18 heavy (non-hydrogen) atoms. The molecule has 1 amide bonds. The van der Waals surface area contributed by atoms with Crippen molar-refractivity contribution in [1.29, 1.82) is 0 Å². The molecule has 1 aromatic carbocycles. The van der Waals surface area contributed by atoms with E-state index in [1.54, 1.807) is 6.92 Å². The van der Waals surface area contributed by atoms with Crippen molar-refractivity contribution in [2.45, 2.75) is 25.2 Å². The number of carbonyl (C=O) groups excluding carboxylic acids is 2. The molecule has 0 aromatic heterocycles. The monoisotopic (exact) mass is 270 g/mol. The van der Waals surface area contributed by atoms with E-state index in [-0.39, 0.29) is 17.1 Å². The second kappa shape index (κ2) is 5.74. The average Bonchev–Trinajstić information content (AvgIpc) is 2.36. The Hall–Kier alpha value is -1.73. The lowest BCUT2D eigenvalue weighted by molar-refractivity contribution is -0.121. The largest absolute Gasteiger partial charge is 0.295 e. The maximum atomic E-state index is 11.8. The number of nitrogens with one attached hydrogen (secondary N) is 2. The molecule has 0 aliphatic carbocycles. The third kappa shape index (κ3) is 3.64. The van der Waals surface area contributed by atoms with Crippen LogP contribution in [0.5, 0.6) is 0 Å². The molecule has 0 spiro atoms. The van der Waals surface area contributed by atoms with Crippen molar-refractivity contribution < 1.29 is 18.0 Å². The number of benzene rings is 1. The van der Waals surface area contributed by atoms with Crippen molar-refractivity contribution in [2.24, 2.45) is 0 Å². The molecular weight excluding hydrogens is 256 g/mol. The van der Waals surface area contributed by atoms with Gasteiger partial charge in [-0.2, -0.15) is 0 Å². The van der Waals surface area contributed by atoms with E-state index in [1.807, 2.05) is 4.83 Å². The zero-order valence-corrected chi connectivity index (χ0v) is 10.9. The second-order valence-corrected chi connectivity index (χ2v) is 5.27. The number of hydrogen-bond acceptors (Lipinski definition) is 4. The van der Waals surface area contributed by atoms with Crippen LogP contribution in [0.1, 0.15) is 30.6 Å². The zero-order valence-electron chi connectivity index (χ0n) is 10.1. The first kappa shape index (κ1) is 14.3. The molecule has 98 valence electrons. The lowest BCUT2D eigenvalue weighted by Crippen LogP contribution is -2.41. The van der Waals surface area contributed by atoms with E-state index in [1.165, 1.54) is 31.2 Å². The van der Waals surface area contributed by atoms with Crippen LogP contribution in [-0.4, -0.2) is 20.1 Å². The Morgan fingerprint density at radius 3 is 2.50 bits per heavy atom. The highest BCUT2D eigenvalue weighted by Gasteiger charge is 2.15. The smallest absolute Gasteiger partial charge is 0.257 e. The Balaban J connectivity index is 2.95. The zero-order chi connectivity index (χ0) is 13.8. The third-order valence-corrected chi connectivity index (χ3v) is 3.44. The molecule has 2 N–H and O–H groups in total. The van der Waals surface area contributed by atoms with Crippen LogP contribution < -0.4 is 10.3 Å². The minimum atomic E-state index is -3.86. The van der Waals surface area contributed by atoms with Crippen LogP contribution in [0.15, 0.2) is 29.2 Å². The van der Waals surface area contributed by atoms with Gasteiger partial charge in [-0.1, -0.05) is 19.1 Å². The Kier molecular flexibility index (Phi) is 4.57. The molecule has 0 saturated carbocycles. The highest BCUT2D eigenvalue weighted by molar-refractivity contribution is 7.89. The van der Waals surface area contributed by atoms with Gasteiger partial charge in [0, 0.05) is 12.0 Å². The van der Waals surface area contributed by atoms with Gasteiger partial charge >= 0.3 is 0 Å². The van der Waals surface area contributed by atoms with Crippen molar-refractivity contribution in [2.75, 3.05) is 0 Å². The summed E-state index contributed by atoms with van der Waals surface area (Å²) in [6, 6.07) is 5.58. The van der Waals surface area contributed by atoms with E-state index >= 15 is 0 Å². The maximum Gasteiger partial charge on any atom is 0.257 e. The molecule has 0 saturated heterocycles. The Morgan fingerprint density at radius 1 is 1.28 bits per heavy atom. The fourth-order valence-corrected chi connectivity index (χ4v) is 2.06. The number of amides is 1. The van der Waals surface area contributed by atoms with E-state index in [2.05, 4.69) is 5.43 Å². The predicted octanol–water partition coefficient (Wildman–Crippen LogP) is 0.609. The molecule has 0 heterocycles. The summed E-state index contributed by atoms with van der Waals surface area (Å²) in [6.45, 7) is 2.94. The maximum absolute atomic E-state index is 11.8.